The van der Waals surface area contributed by atoms with E-state index in [0.717, 1.165) is 21.0 Å². The normalized spacial score (nSPS) is 11.2. The van der Waals surface area contributed by atoms with Gasteiger partial charge in [0, 0.05) is 31.9 Å². The lowest BCUT2D eigenvalue weighted by Crippen LogP contribution is -2.16. The first-order valence-electron chi connectivity index (χ1n) is 12.3. The van der Waals surface area contributed by atoms with Gasteiger partial charge in [-0.15, -0.1) is 0 Å². The van der Waals surface area contributed by atoms with Crippen LogP contribution in [0.25, 0.3) is 5.69 Å². The van der Waals surface area contributed by atoms with Gasteiger partial charge in [-0.25, -0.2) is 5.43 Å². The van der Waals surface area contributed by atoms with Crippen molar-refractivity contribution in [1.29, 1.82) is 0 Å². The highest BCUT2D eigenvalue weighted by Gasteiger charge is 2.11. The predicted octanol–water partition coefficient (Wildman–Crippen LogP) is 7.83. The van der Waals surface area contributed by atoms with Gasteiger partial charge in [0.1, 0.15) is 18.1 Å². The van der Waals surface area contributed by atoms with Gasteiger partial charge < -0.3 is 13.7 Å². The average Bonchev–Trinajstić information content (AvgIpc) is 3.56. The lowest BCUT2D eigenvalue weighted by atomic mass is 10.2. The van der Waals surface area contributed by atoms with Gasteiger partial charge in [0.2, 0.25) is 0 Å². The summed E-state index contributed by atoms with van der Waals surface area (Å²) in [6.07, 6.45) is 1.59. The van der Waals surface area contributed by atoms with Crippen molar-refractivity contribution in [3.05, 3.63) is 131 Å². The number of aromatic nitrogens is 1. The van der Waals surface area contributed by atoms with Crippen LogP contribution in [-0.2, 0) is 6.61 Å². The Kier molecular flexibility index (Phi) is 8.20. The van der Waals surface area contributed by atoms with Crippen LogP contribution in [0.4, 0.5) is 0 Å². The maximum atomic E-state index is 12.4. The van der Waals surface area contributed by atoms with Crippen LogP contribution in [-0.4, -0.2) is 16.7 Å². The Morgan fingerprint density at radius 2 is 1.54 bits per heavy atom. The zero-order chi connectivity index (χ0) is 27.2. The van der Waals surface area contributed by atoms with E-state index in [1.807, 2.05) is 72.8 Å². The molecule has 0 unspecified atom stereocenters. The van der Waals surface area contributed by atoms with E-state index in [0.29, 0.717) is 16.5 Å². The molecule has 8 heteroatoms. The second-order valence-electron chi connectivity index (χ2n) is 8.82. The van der Waals surface area contributed by atoms with Gasteiger partial charge in [0.15, 0.2) is 5.76 Å². The molecule has 0 aliphatic rings. The summed E-state index contributed by atoms with van der Waals surface area (Å²) < 4.78 is 13.7. The van der Waals surface area contributed by atoms with E-state index in [2.05, 4.69) is 41.1 Å². The molecule has 0 aliphatic carbocycles. The van der Waals surface area contributed by atoms with Crippen molar-refractivity contribution in [2.75, 3.05) is 0 Å². The quantitative estimate of drug-likeness (QED) is 0.149. The van der Waals surface area contributed by atoms with E-state index in [1.165, 1.54) is 11.4 Å². The van der Waals surface area contributed by atoms with Gasteiger partial charge in [-0.05, 0) is 104 Å². The number of rotatable bonds is 9. The summed E-state index contributed by atoms with van der Waals surface area (Å²) in [4.78, 5) is 14.6. The number of ether oxygens (including phenoxy) is 1. The van der Waals surface area contributed by atoms with Crippen molar-refractivity contribution < 1.29 is 13.9 Å². The lowest BCUT2D eigenvalue weighted by Gasteiger charge is -2.10. The molecule has 39 heavy (non-hydrogen) atoms. The topological polar surface area (TPSA) is 68.8 Å². The molecule has 0 fully saturated rings. The molecular weight excluding hydrogens is 530 g/mol. The van der Waals surface area contributed by atoms with E-state index >= 15 is 0 Å². The number of halogens is 1. The fraction of sp³-hybridized carbons (Fsp3) is 0.0968. The number of hydrogen-bond donors (Lipinski definition) is 1. The molecule has 0 radical (unpaired) electrons. The molecule has 1 amide bonds. The Bertz CT molecular complexity index is 1570. The molecule has 5 rings (SSSR count). The van der Waals surface area contributed by atoms with E-state index in [9.17, 15) is 4.79 Å². The Morgan fingerprint density at radius 1 is 0.897 bits per heavy atom. The number of nitrogens with one attached hydrogen (secondary N) is 1. The van der Waals surface area contributed by atoms with E-state index < -0.39 is 5.91 Å². The number of nitrogens with zero attached hydrogens (tertiary/aromatic N) is 2. The van der Waals surface area contributed by atoms with Crippen LogP contribution in [0.1, 0.15) is 33.3 Å². The van der Waals surface area contributed by atoms with Gasteiger partial charge in [-0.3, -0.25) is 4.79 Å². The molecule has 0 saturated carbocycles. The van der Waals surface area contributed by atoms with Gasteiger partial charge in [0.05, 0.1) is 6.21 Å². The Hall–Kier alpha value is -4.20. The molecule has 0 spiro atoms. The van der Waals surface area contributed by atoms with Gasteiger partial charge in [-0.1, -0.05) is 35.5 Å². The largest absolute Gasteiger partial charge is 0.486 e. The highest BCUT2D eigenvalue weighted by atomic mass is 35.5. The molecule has 5 aromatic rings. The van der Waals surface area contributed by atoms with E-state index in [1.54, 1.807) is 30.1 Å². The standard InChI is InChI=1S/C31H26ClN3O3S/c1-21-3-4-22(2)35(21)25-9-11-26(12-10-25)37-20-27-13-18-30(38-27)31(36)34-33-19-23-5-14-28(15-6-23)39-29-16-7-24(32)8-17-29/h3-19H,20H2,1-2H3,(H,34,36)/b33-19+. The number of amides is 1. The Morgan fingerprint density at radius 3 is 2.21 bits per heavy atom. The van der Waals surface area contributed by atoms with Gasteiger partial charge >= 0.3 is 5.91 Å². The second-order valence-corrected chi connectivity index (χ2v) is 10.4. The van der Waals surface area contributed by atoms with Crippen LogP contribution < -0.4 is 10.2 Å². The molecular formula is C31H26ClN3O3S. The van der Waals surface area contributed by atoms with Crippen LogP contribution >= 0.6 is 23.4 Å². The minimum absolute atomic E-state index is 0.161. The number of furan rings is 1. The Balaban J connectivity index is 1.10. The smallest absolute Gasteiger partial charge is 0.307 e. The zero-order valence-electron chi connectivity index (χ0n) is 21.4. The van der Waals surface area contributed by atoms with Crippen molar-refractivity contribution in [3.8, 4) is 11.4 Å². The third-order valence-electron chi connectivity index (χ3n) is 5.94. The number of hydrazone groups is 1. The van der Waals surface area contributed by atoms with Crippen molar-refractivity contribution >= 4 is 35.5 Å². The molecule has 0 atom stereocenters. The monoisotopic (exact) mass is 555 g/mol. The molecule has 6 nitrogen and oxygen atoms in total. The van der Waals surface area contributed by atoms with E-state index in [4.69, 9.17) is 20.8 Å². The maximum absolute atomic E-state index is 12.4. The number of carbonyl (C=O) groups excluding carboxylic acids is 1. The number of benzene rings is 3. The first kappa shape index (κ1) is 26.4. The fourth-order valence-electron chi connectivity index (χ4n) is 3.98. The third kappa shape index (κ3) is 6.82. The minimum atomic E-state index is -0.436. The third-order valence-corrected chi connectivity index (χ3v) is 7.21. The molecule has 196 valence electrons. The molecule has 2 aromatic heterocycles. The molecule has 1 N–H and O–H groups in total. The summed E-state index contributed by atoms with van der Waals surface area (Å²) in [6.45, 7) is 4.36. The first-order valence-corrected chi connectivity index (χ1v) is 13.5. The van der Waals surface area contributed by atoms with Crippen molar-refractivity contribution in [2.24, 2.45) is 5.10 Å². The van der Waals surface area contributed by atoms with Crippen LogP contribution in [0, 0.1) is 13.8 Å². The predicted molar refractivity (Wildman–Crippen MR) is 155 cm³/mol. The lowest BCUT2D eigenvalue weighted by molar-refractivity contribution is 0.0923. The average molecular weight is 556 g/mol. The van der Waals surface area contributed by atoms with Crippen molar-refractivity contribution in [2.45, 2.75) is 30.2 Å². The minimum Gasteiger partial charge on any atom is -0.486 e. The summed E-state index contributed by atoms with van der Waals surface area (Å²) in [5.41, 5.74) is 6.78. The molecule has 0 saturated heterocycles. The van der Waals surface area contributed by atoms with Crippen LogP contribution in [0.2, 0.25) is 5.02 Å². The summed E-state index contributed by atoms with van der Waals surface area (Å²) in [5, 5.41) is 4.76. The summed E-state index contributed by atoms with van der Waals surface area (Å²) in [7, 11) is 0. The number of carbonyl (C=O) groups is 1. The fourth-order valence-corrected chi connectivity index (χ4v) is 4.92. The second kappa shape index (κ2) is 12.1. The summed E-state index contributed by atoms with van der Waals surface area (Å²) in [5.74, 6) is 0.980. The highest BCUT2D eigenvalue weighted by Crippen LogP contribution is 2.28. The molecule has 2 heterocycles. The summed E-state index contributed by atoms with van der Waals surface area (Å²) >= 11 is 7.58. The first-order chi connectivity index (χ1) is 18.9. The summed E-state index contributed by atoms with van der Waals surface area (Å²) in [6, 6.07) is 30.9. The number of hydrogen-bond acceptors (Lipinski definition) is 5. The van der Waals surface area contributed by atoms with Crippen LogP contribution in [0.3, 0.4) is 0 Å². The number of aryl methyl sites for hydroxylation is 2. The highest BCUT2D eigenvalue weighted by molar-refractivity contribution is 7.99. The SMILES string of the molecule is Cc1ccc(C)n1-c1ccc(OCc2ccc(C(=O)N/N=C/c3ccc(Sc4ccc(Cl)cc4)cc3)o2)cc1. The molecule has 0 bridgehead atoms. The van der Waals surface area contributed by atoms with Crippen LogP contribution in [0.5, 0.6) is 5.75 Å². The van der Waals surface area contributed by atoms with Crippen molar-refractivity contribution in [1.82, 2.24) is 9.99 Å². The van der Waals surface area contributed by atoms with E-state index in [-0.39, 0.29) is 12.4 Å². The molecule has 3 aromatic carbocycles. The van der Waals surface area contributed by atoms with Gasteiger partial charge in [-0.2, -0.15) is 5.10 Å². The Labute approximate surface area is 236 Å². The van der Waals surface area contributed by atoms with Gasteiger partial charge in [0.25, 0.3) is 0 Å². The maximum Gasteiger partial charge on any atom is 0.307 e. The zero-order valence-corrected chi connectivity index (χ0v) is 23.0. The van der Waals surface area contributed by atoms with Crippen molar-refractivity contribution in [3.63, 3.8) is 0 Å². The molecule has 0 aliphatic heterocycles. The van der Waals surface area contributed by atoms with Crippen LogP contribution in [0.15, 0.2) is 116 Å².